The third-order valence-corrected chi connectivity index (χ3v) is 4.90. The van der Waals surface area contributed by atoms with Gasteiger partial charge in [-0.3, -0.25) is 19.7 Å². The van der Waals surface area contributed by atoms with Gasteiger partial charge in [-0.2, -0.15) is 0 Å². The SMILES string of the molecule is CC(CC(N)=O)Nc1cccc(C(=O)C(c2ccccc2)c2ccc([N+](=O)[O-])cc2)c1. The van der Waals surface area contributed by atoms with Crippen molar-refractivity contribution in [2.45, 2.75) is 25.3 Å². The summed E-state index contributed by atoms with van der Waals surface area (Å²) in [6, 6.07) is 22.2. The molecule has 158 valence electrons. The number of Topliss-reactive ketones (excluding diaryl/α,β-unsaturated/α-hetero) is 1. The number of nitro groups is 1. The van der Waals surface area contributed by atoms with Crippen LogP contribution < -0.4 is 11.1 Å². The van der Waals surface area contributed by atoms with Gasteiger partial charge in [0.25, 0.3) is 5.69 Å². The van der Waals surface area contributed by atoms with E-state index < -0.39 is 16.7 Å². The first-order valence-corrected chi connectivity index (χ1v) is 9.83. The number of benzene rings is 3. The van der Waals surface area contributed by atoms with E-state index in [2.05, 4.69) is 5.32 Å². The van der Waals surface area contributed by atoms with E-state index in [0.717, 1.165) is 5.56 Å². The lowest BCUT2D eigenvalue weighted by molar-refractivity contribution is -0.384. The van der Waals surface area contributed by atoms with Crippen LogP contribution in [-0.2, 0) is 4.79 Å². The second kappa shape index (κ2) is 9.67. The summed E-state index contributed by atoms with van der Waals surface area (Å²) in [5.41, 5.74) is 7.87. The van der Waals surface area contributed by atoms with Crippen LogP contribution in [0.1, 0.15) is 40.7 Å². The number of nitro benzene ring substituents is 1. The van der Waals surface area contributed by atoms with Crippen LogP contribution in [0, 0.1) is 10.1 Å². The van der Waals surface area contributed by atoms with E-state index in [9.17, 15) is 19.7 Å². The Labute approximate surface area is 180 Å². The molecule has 7 nitrogen and oxygen atoms in total. The number of amides is 1. The number of nitrogens with one attached hydrogen (secondary N) is 1. The third-order valence-electron chi connectivity index (χ3n) is 4.90. The highest BCUT2D eigenvalue weighted by molar-refractivity contribution is 6.03. The maximum atomic E-state index is 13.5. The Morgan fingerprint density at radius 1 is 0.968 bits per heavy atom. The van der Waals surface area contributed by atoms with E-state index >= 15 is 0 Å². The number of non-ortho nitro benzene ring substituents is 1. The lowest BCUT2D eigenvalue weighted by atomic mass is 9.84. The van der Waals surface area contributed by atoms with Crippen LogP contribution >= 0.6 is 0 Å². The molecule has 3 aromatic rings. The second-order valence-corrected chi connectivity index (χ2v) is 7.35. The summed E-state index contributed by atoms with van der Waals surface area (Å²) < 4.78 is 0. The smallest absolute Gasteiger partial charge is 0.269 e. The van der Waals surface area contributed by atoms with Crippen molar-refractivity contribution in [1.29, 1.82) is 0 Å². The van der Waals surface area contributed by atoms with E-state index in [1.54, 1.807) is 30.3 Å². The predicted molar refractivity (Wildman–Crippen MR) is 119 cm³/mol. The van der Waals surface area contributed by atoms with Gasteiger partial charge in [0, 0.05) is 35.8 Å². The third kappa shape index (κ3) is 5.54. The molecule has 0 heterocycles. The van der Waals surface area contributed by atoms with Gasteiger partial charge in [0.1, 0.15) is 0 Å². The number of carbonyl (C=O) groups is 2. The highest BCUT2D eigenvalue weighted by atomic mass is 16.6. The monoisotopic (exact) mass is 417 g/mol. The number of hydrogen-bond donors (Lipinski definition) is 2. The summed E-state index contributed by atoms with van der Waals surface area (Å²) in [6.45, 7) is 1.84. The molecule has 1 amide bonds. The minimum Gasteiger partial charge on any atom is -0.382 e. The number of nitrogens with two attached hydrogens (primary N) is 1. The van der Waals surface area contributed by atoms with Crippen LogP contribution in [0.4, 0.5) is 11.4 Å². The molecule has 2 atom stereocenters. The molecule has 7 heteroatoms. The van der Waals surface area contributed by atoms with Gasteiger partial charge in [-0.1, -0.05) is 54.6 Å². The lowest BCUT2D eigenvalue weighted by Crippen LogP contribution is -2.24. The molecular formula is C24H23N3O4. The van der Waals surface area contributed by atoms with Crippen LogP contribution in [0.2, 0.25) is 0 Å². The maximum Gasteiger partial charge on any atom is 0.269 e. The summed E-state index contributed by atoms with van der Waals surface area (Å²) in [5, 5.41) is 14.2. The molecule has 3 N–H and O–H groups in total. The standard InChI is InChI=1S/C24H23N3O4/c1-16(14-22(25)28)26-20-9-5-8-19(15-20)24(29)23(17-6-3-2-4-7-17)18-10-12-21(13-11-18)27(30)31/h2-13,15-16,23,26H,14H2,1H3,(H2,25,28). The van der Waals surface area contributed by atoms with Gasteiger partial charge in [0.05, 0.1) is 10.8 Å². The molecule has 0 saturated heterocycles. The van der Waals surface area contributed by atoms with Crippen molar-refractivity contribution in [3.8, 4) is 0 Å². The van der Waals surface area contributed by atoms with Gasteiger partial charge in [0.15, 0.2) is 5.78 Å². The molecule has 0 saturated carbocycles. The fourth-order valence-corrected chi connectivity index (χ4v) is 3.50. The zero-order chi connectivity index (χ0) is 22.4. The zero-order valence-electron chi connectivity index (χ0n) is 17.0. The molecule has 3 rings (SSSR count). The summed E-state index contributed by atoms with van der Waals surface area (Å²) in [6.07, 6.45) is 0.174. The average molecular weight is 417 g/mol. The van der Waals surface area contributed by atoms with Gasteiger partial charge in [-0.05, 0) is 30.2 Å². The van der Waals surface area contributed by atoms with Crippen LogP contribution in [0.15, 0.2) is 78.9 Å². The van der Waals surface area contributed by atoms with Crippen molar-refractivity contribution in [3.05, 3.63) is 106 Å². The minimum atomic E-state index is -0.611. The zero-order valence-corrected chi connectivity index (χ0v) is 17.0. The van der Waals surface area contributed by atoms with Crippen LogP contribution in [0.3, 0.4) is 0 Å². The van der Waals surface area contributed by atoms with Crippen molar-refractivity contribution in [3.63, 3.8) is 0 Å². The predicted octanol–water partition coefficient (Wildman–Crippen LogP) is 4.29. The normalized spacial score (nSPS) is 12.5. The van der Waals surface area contributed by atoms with E-state index in [1.807, 2.05) is 43.3 Å². The molecule has 3 aromatic carbocycles. The molecule has 0 spiro atoms. The van der Waals surface area contributed by atoms with Gasteiger partial charge < -0.3 is 11.1 Å². The number of anilines is 1. The second-order valence-electron chi connectivity index (χ2n) is 7.35. The molecule has 0 aliphatic rings. The van der Waals surface area contributed by atoms with Crippen LogP contribution in [0.25, 0.3) is 0 Å². The lowest BCUT2D eigenvalue weighted by Gasteiger charge is -2.18. The quantitative estimate of drug-likeness (QED) is 0.306. The van der Waals surface area contributed by atoms with Crippen molar-refractivity contribution in [2.75, 3.05) is 5.32 Å². The van der Waals surface area contributed by atoms with Crippen molar-refractivity contribution in [2.24, 2.45) is 5.73 Å². The van der Waals surface area contributed by atoms with E-state index in [-0.39, 0.29) is 23.9 Å². The van der Waals surface area contributed by atoms with Crippen LogP contribution in [-0.4, -0.2) is 22.7 Å². The molecule has 0 aliphatic heterocycles. The van der Waals surface area contributed by atoms with E-state index in [1.165, 1.54) is 12.1 Å². The Morgan fingerprint density at radius 3 is 2.23 bits per heavy atom. The Balaban J connectivity index is 1.95. The Kier molecular flexibility index (Phi) is 6.77. The molecule has 0 bridgehead atoms. The number of rotatable bonds is 9. The fraction of sp³-hybridized carbons (Fsp3) is 0.167. The molecule has 0 fully saturated rings. The summed E-state index contributed by atoms with van der Waals surface area (Å²) in [5.74, 6) is -1.15. The van der Waals surface area contributed by atoms with E-state index in [0.29, 0.717) is 16.8 Å². The minimum absolute atomic E-state index is 0.0300. The molecule has 31 heavy (non-hydrogen) atoms. The molecule has 2 unspecified atom stereocenters. The highest BCUT2D eigenvalue weighted by Gasteiger charge is 2.25. The molecular weight excluding hydrogens is 394 g/mol. The van der Waals surface area contributed by atoms with Crippen molar-refractivity contribution in [1.82, 2.24) is 0 Å². The Hall–Kier alpha value is -4.00. The number of nitrogens with zero attached hydrogens (tertiary/aromatic N) is 1. The van der Waals surface area contributed by atoms with Crippen molar-refractivity contribution < 1.29 is 14.5 Å². The topological polar surface area (TPSA) is 115 Å². The van der Waals surface area contributed by atoms with Gasteiger partial charge in [-0.15, -0.1) is 0 Å². The van der Waals surface area contributed by atoms with Crippen molar-refractivity contribution >= 4 is 23.1 Å². The van der Waals surface area contributed by atoms with E-state index in [4.69, 9.17) is 5.73 Å². The molecule has 0 aromatic heterocycles. The summed E-state index contributed by atoms with van der Waals surface area (Å²) in [4.78, 5) is 35.2. The first-order valence-electron chi connectivity index (χ1n) is 9.83. The summed E-state index contributed by atoms with van der Waals surface area (Å²) in [7, 11) is 0. The number of ketones is 1. The number of carbonyl (C=O) groups excluding carboxylic acids is 2. The van der Waals surface area contributed by atoms with Gasteiger partial charge in [0.2, 0.25) is 5.91 Å². The maximum absolute atomic E-state index is 13.5. The van der Waals surface area contributed by atoms with Gasteiger partial charge >= 0.3 is 0 Å². The van der Waals surface area contributed by atoms with Crippen LogP contribution in [0.5, 0.6) is 0 Å². The first kappa shape index (κ1) is 21.7. The average Bonchev–Trinajstić information content (AvgIpc) is 2.74. The largest absolute Gasteiger partial charge is 0.382 e. The number of hydrogen-bond acceptors (Lipinski definition) is 5. The Morgan fingerprint density at radius 2 is 1.61 bits per heavy atom. The fourth-order valence-electron chi connectivity index (χ4n) is 3.50. The number of primary amides is 1. The Bertz CT molecular complexity index is 1080. The van der Waals surface area contributed by atoms with Gasteiger partial charge in [-0.25, -0.2) is 0 Å². The highest BCUT2D eigenvalue weighted by Crippen LogP contribution is 2.30. The molecule has 0 radical (unpaired) electrons. The first-order chi connectivity index (χ1) is 14.8. The molecule has 0 aliphatic carbocycles. The summed E-state index contributed by atoms with van der Waals surface area (Å²) >= 11 is 0.